The highest BCUT2D eigenvalue weighted by molar-refractivity contribution is 7.22. The number of benzene rings is 2. The summed E-state index contributed by atoms with van der Waals surface area (Å²) in [6.07, 6.45) is 5.14. The number of rotatable bonds is 7. The number of carboxylic acids is 1. The first-order valence-electron chi connectivity index (χ1n) is 13.0. The summed E-state index contributed by atoms with van der Waals surface area (Å²) in [7, 11) is 0. The summed E-state index contributed by atoms with van der Waals surface area (Å²) < 4.78 is 56.2. The van der Waals surface area contributed by atoms with Crippen molar-refractivity contribution in [2.24, 2.45) is 0 Å². The summed E-state index contributed by atoms with van der Waals surface area (Å²) >= 11 is 1.30. The molecule has 3 aliphatic rings. The minimum atomic E-state index is -1.18. The van der Waals surface area contributed by atoms with Crippen LogP contribution in [0.1, 0.15) is 66.1 Å². The first-order valence-corrected chi connectivity index (χ1v) is 13.8. The van der Waals surface area contributed by atoms with Gasteiger partial charge in [0, 0.05) is 23.6 Å². The average molecular weight is 556 g/mol. The molecule has 1 saturated carbocycles. The zero-order valence-electron chi connectivity index (χ0n) is 20.7. The van der Waals surface area contributed by atoms with Crippen LogP contribution >= 0.6 is 11.3 Å². The highest BCUT2D eigenvalue weighted by atomic mass is 32.1. The van der Waals surface area contributed by atoms with Crippen LogP contribution in [0, 0.1) is 17.5 Å². The number of aromatic nitrogens is 2. The Balaban J connectivity index is 1.11. The molecule has 39 heavy (non-hydrogen) atoms. The largest absolute Gasteiger partial charge is 0.478 e. The third-order valence-electron chi connectivity index (χ3n) is 8.02. The van der Waals surface area contributed by atoms with Gasteiger partial charge in [-0.3, -0.25) is 0 Å². The summed E-state index contributed by atoms with van der Waals surface area (Å²) in [4.78, 5) is 18.1. The fourth-order valence-corrected chi connectivity index (χ4v) is 7.20. The number of aromatic carboxylic acids is 1. The van der Waals surface area contributed by atoms with Crippen molar-refractivity contribution < 1.29 is 32.3 Å². The van der Waals surface area contributed by atoms with Crippen LogP contribution in [-0.4, -0.2) is 39.4 Å². The fraction of sp³-hybridized carbons (Fsp3) is 0.393. The molecule has 1 N–H and O–H groups in total. The van der Waals surface area contributed by atoms with Crippen molar-refractivity contribution in [3.8, 4) is 11.3 Å². The maximum atomic E-state index is 14.6. The van der Waals surface area contributed by atoms with Crippen molar-refractivity contribution in [2.45, 2.75) is 69.2 Å². The molecule has 3 fully saturated rings. The van der Waals surface area contributed by atoms with Crippen LogP contribution in [0.3, 0.4) is 0 Å². The summed E-state index contributed by atoms with van der Waals surface area (Å²) in [5.74, 6) is -2.37. The predicted octanol–water partition coefficient (Wildman–Crippen LogP) is 6.66. The summed E-state index contributed by atoms with van der Waals surface area (Å²) in [6, 6.07) is 6.49. The molecule has 1 aliphatic carbocycles. The number of piperidine rings is 1. The Labute approximate surface area is 225 Å². The lowest BCUT2D eigenvalue weighted by Gasteiger charge is -2.38. The van der Waals surface area contributed by atoms with Crippen LogP contribution in [0.25, 0.3) is 21.5 Å². The Hall–Kier alpha value is -3.44. The topological polar surface area (TPSA) is 88.7 Å². The van der Waals surface area contributed by atoms with Gasteiger partial charge in [-0.25, -0.2) is 22.9 Å². The molecule has 2 aromatic heterocycles. The van der Waals surface area contributed by atoms with E-state index < -0.39 is 23.4 Å². The van der Waals surface area contributed by atoms with Gasteiger partial charge in [0.1, 0.15) is 28.6 Å². The molecule has 7 nitrogen and oxygen atoms in total. The van der Waals surface area contributed by atoms with Crippen LogP contribution in [0.5, 0.6) is 0 Å². The van der Waals surface area contributed by atoms with E-state index in [1.165, 1.54) is 35.6 Å². The zero-order chi connectivity index (χ0) is 26.8. The Morgan fingerprint density at radius 3 is 2.46 bits per heavy atom. The normalized spacial score (nSPS) is 22.6. The van der Waals surface area contributed by atoms with Crippen molar-refractivity contribution in [3.05, 3.63) is 64.7 Å². The lowest BCUT2D eigenvalue weighted by molar-refractivity contribution is 0.0147. The third-order valence-corrected chi connectivity index (χ3v) is 9.04. The van der Waals surface area contributed by atoms with Crippen LogP contribution in [0.4, 0.5) is 18.3 Å². The quantitative estimate of drug-likeness (QED) is 0.273. The monoisotopic (exact) mass is 555 g/mol. The third kappa shape index (κ3) is 4.28. The minimum absolute atomic E-state index is 0.0799. The molecule has 2 aromatic carbocycles. The maximum absolute atomic E-state index is 14.6. The second kappa shape index (κ2) is 9.34. The summed E-state index contributed by atoms with van der Waals surface area (Å²) in [5.41, 5.74) is 0.651. The van der Waals surface area contributed by atoms with Crippen LogP contribution in [0.2, 0.25) is 0 Å². The van der Waals surface area contributed by atoms with Crippen LogP contribution in [-0.2, 0) is 11.3 Å². The van der Waals surface area contributed by atoms with Gasteiger partial charge in [-0.2, -0.15) is 0 Å². The Morgan fingerprint density at radius 1 is 1.08 bits per heavy atom. The van der Waals surface area contributed by atoms with Crippen molar-refractivity contribution in [3.63, 3.8) is 0 Å². The van der Waals surface area contributed by atoms with Crippen LogP contribution < -0.4 is 4.90 Å². The lowest BCUT2D eigenvalue weighted by atomic mass is 10.00. The van der Waals surface area contributed by atoms with Gasteiger partial charge >= 0.3 is 5.97 Å². The van der Waals surface area contributed by atoms with Crippen LogP contribution in [0.15, 0.2) is 34.9 Å². The number of ether oxygens (including phenoxy) is 1. The van der Waals surface area contributed by atoms with E-state index in [1.807, 2.05) is 0 Å². The van der Waals surface area contributed by atoms with E-state index in [-0.39, 0.29) is 53.0 Å². The SMILES string of the molecule is O=C(O)c1cc(F)c2nc(N3C4CC[C@H]3CC(OCc3c(-c5c(F)cccc5F)noc3C3CC3)C4)sc2c1. The summed E-state index contributed by atoms with van der Waals surface area (Å²) in [6.45, 7) is 0.146. The van der Waals surface area contributed by atoms with Gasteiger partial charge in [0.25, 0.3) is 0 Å². The van der Waals surface area contributed by atoms with Crippen molar-refractivity contribution in [1.29, 1.82) is 0 Å². The van der Waals surface area contributed by atoms with Gasteiger partial charge in [0.05, 0.1) is 28.5 Å². The van der Waals surface area contributed by atoms with Crippen molar-refractivity contribution >= 4 is 32.7 Å². The number of carbonyl (C=O) groups is 1. The second-order valence-electron chi connectivity index (χ2n) is 10.5. The molecule has 4 aromatic rings. The van der Waals surface area contributed by atoms with Gasteiger partial charge in [-0.1, -0.05) is 22.6 Å². The van der Waals surface area contributed by atoms with Gasteiger partial charge in [0.2, 0.25) is 0 Å². The molecule has 2 aliphatic heterocycles. The molecule has 2 saturated heterocycles. The van der Waals surface area contributed by atoms with Gasteiger partial charge in [-0.15, -0.1) is 0 Å². The zero-order valence-corrected chi connectivity index (χ0v) is 21.5. The van der Waals surface area contributed by atoms with Gasteiger partial charge in [0.15, 0.2) is 10.9 Å². The van der Waals surface area contributed by atoms with E-state index in [1.54, 1.807) is 0 Å². The number of carboxylic acid groups (broad SMARTS) is 1. The van der Waals surface area contributed by atoms with E-state index in [0.29, 0.717) is 21.2 Å². The number of thiazole rings is 1. The number of hydrogen-bond acceptors (Lipinski definition) is 7. The number of halogens is 3. The molecule has 2 bridgehead atoms. The number of anilines is 1. The van der Waals surface area contributed by atoms with E-state index >= 15 is 0 Å². The van der Waals surface area contributed by atoms with Crippen molar-refractivity contribution in [1.82, 2.24) is 10.1 Å². The Kier molecular flexibility index (Phi) is 5.89. The van der Waals surface area contributed by atoms with E-state index in [4.69, 9.17) is 9.26 Å². The predicted molar refractivity (Wildman–Crippen MR) is 137 cm³/mol. The maximum Gasteiger partial charge on any atom is 0.335 e. The second-order valence-corrected chi connectivity index (χ2v) is 11.6. The number of hydrogen-bond donors (Lipinski definition) is 1. The fourth-order valence-electron chi connectivity index (χ4n) is 6.04. The standard InChI is InChI=1S/C28H24F3N3O4S/c29-19-2-1-3-20(30)23(19)24-18(26(38-33-24)13-4-5-13)12-37-17-10-15-6-7-16(11-17)34(15)28-32-25-21(31)8-14(27(35)36)9-22(25)39-28/h1-3,8-9,13,15-17H,4-7,10-12H2,(H,35,36)/t15-,16?,17?/m0/s1. The molecule has 11 heteroatoms. The molecule has 0 amide bonds. The van der Waals surface area contributed by atoms with E-state index in [9.17, 15) is 23.1 Å². The number of nitrogens with zero attached hydrogens (tertiary/aromatic N) is 3. The van der Waals surface area contributed by atoms with Gasteiger partial charge in [-0.05, 0) is 62.8 Å². The molecular weight excluding hydrogens is 531 g/mol. The Morgan fingerprint density at radius 2 is 1.79 bits per heavy atom. The number of fused-ring (bicyclic) bond motifs is 3. The Bertz CT molecular complexity index is 1570. The lowest BCUT2D eigenvalue weighted by Crippen LogP contribution is -2.45. The smallest absolute Gasteiger partial charge is 0.335 e. The molecule has 0 spiro atoms. The van der Waals surface area contributed by atoms with Crippen molar-refractivity contribution in [2.75, 3.05) is 4.90 Å². The summed E-state index contributed by atoms with van der Waals surface area (Å²) in [5, 5.41) is 14.0. The van der Waals surface area contributed by atoms with E-state index in [0.717, 1.165) is 44.6 Å². The molecule has 2 unspecified atom stereocenters. The highest BCUT2D eigenvalue weighted by Gasteiger charge is 2.43. The van der Waals surface area contributed by atoms with Gasteiger partial charge < -0.3 is 19.3 Å². The minimum Gasteiger partial charge on any atom is -0.478 e. The average Bonchev–Trinajstić information content (AvgIpc) is 3.42. The molecule has 3 atom stereocenters. The highest BCUT2D eigenvalue weighted by Crippen LogP contribution is 2.46. The molecule has 4 heterocycles. The molecule has 202 valence electrons. The first kappa shape index (κ1) is 24.6. The van der Waals surface area contributed by atoms with E-state index in [2.05, 4.69) is 15.0 Å². The molecule has 0 radical (unpaired) electrons. The molecular formula is C28H24F3N3O4S. The first-order chi connectivity index (χ1) is 18.9. The molecule has 7 rings (SSSR count).